The monoisotopic (exact) mass is 342 g/mol. The molecule has 0 fully saturated rings. The maximum absolute atomic E-state index is 13.0. The van der Waals surface area contributed by atoms with Gasteiger partial charge in [-0.3, -0.25) is 9.78 Å². The summed E-state index contributed by atoms with van der Waals surface area (Å²) < 4.78 is 14.1. The molecule has 2 heterocycles. The third-order valence-corrected chi connectivity index (χ3v) is 4.61. The lowest BCUT2D eigenvalue weighted by atomic mass is 10.2. The molecule has 1 aromatic carbocycles. The van der Waals surface area contributed by atoms with Gasteiger partial charge in [-0.25, -0.2) is 4.39 Å². The molecule has 24 heavy (non-hydrogen) atoms. The van der Waals surface area contributed by atoms with Crippen molar-refractivity contribution < 1.29 is 14.3 Å². The minimum Gasteiger partial charge on any atom is -0.386 e. The van der Waals surface area contributed by atoms with Crippen molar-refractivity contribution in [3.8, 4) is 0 Å². The van der Waals surface area contributed by atoms with Crippen molar-refractivity contribution in [2.45, 2.75) is 6.10 Å². The van der Waals surface area contributed by atoms with Crippen molar-refractivity contribution in [2.24, 2.45) is 0 Å². The Kier molecular flexibility index (Phi) is 4.98. The minimum atomic E-state index is -0.768. The number of carbonyl (C=O) groups is 1. The fourth-order valence-corrected chi connectivity index (χ4v) is 3.27. The molecule has 1 unspecified atom stereocenters. The molecule has 4 nitrogen and oxygen atoms in total. The number of aliphatic hydroxyl groups is 1. The summed E-state index contributed by atoms with van der Waals surface area (Å²) in [5.41, 5.74) is 0.496. The number of thiophene rings is 1. The lowest BCUT2D eigenvalue weighted by Crippen LogP contribution is -2.26. The SMILES string of the molecule is O=C(/C=C/c1cncc(F)c1)NCC(O)c1cc2ccccc2s1. The van der Waals surface area contributed by atoms with Crippen molar-refractivity contribution in [2.75, 3.05) is 6.54 Å². The quantitative estimate of drug-likeness (QED) is 0.700. The van der Waals surface area contributed by atoms with Crippen LogP contribution in [0.25, 0.3) is 16.2 Å². The average Bonchev–Trinajstić information content (AvgIpc) is 3.02. The highest BCUT2D eigenvalue weighted by Crippen LogP contribution is 2.29. The average molecular weight is 342 g/mol. The van der Waals surface area contributed by atoms with Crippen LogP contribution in [-0.4, -0.2) is 22.5 Å². The molecular formula is C18H15FN2O2S. The van der Waals surface area contributed by atoms with E-state index in [2.05, 4.69) is 10.3 Å². The second-order valence-corrected chi connectivity index (χ2v) is 6.33. The van der Waals surface area contributed by atoms with E-state index in [-0.39, 0.29) is 12.5 Å². The van der Waals surface area contributed by atoms with E-state index < -0.39 is 11.9 Å². The van der Waals surface area contributed by atoms with E-state index in [4.69, 9.17) is 0 Å². The van der Waals surface area contributed by atoms with E-state index in [1.165, 1.54) is 35.8 Å². The molecule has 0 radical (unpaired) electrons. The Bertz CT molecular complexity index is 858. The minimum absolute atomic E-state index is 0.109. The van der Waals surface area contributed by atoms with E-state index in [1.54, 1.807) is 0 Å². The van der Waals surface area contributed by atoms with Crippen molar-refractivity contribution in [3.05, 3.63) is 71.1 Å². The van der Waals surface area contributed by atoms with E-state index >= 15 is 0 Å². The number of nitrogens with one attached hydrogen (secondary N) is 1. The van der Waals surface area contributed by atoms with Crippen LogP contribution in [0.3, 0.4) is 0 Å². The van der Waals surface area contributed by atoms with Crippen LogP contribution < -0.4 is 5.32 Å². The molecule has 2 aromatic heterocycles. The summed E-state index contributed by atoms with van der Waals surface area (Å²) >= 11 is 1.50. The third-order valence-electron chi connectivity index (χ3n) is 3.40. The fourth-order valence-electron chi connectivity index (χ4n) is 2.21. The van der Waals surface area contributed by atoms with Gasteiger partial charge in [-0.05, 0) is 35.2 Å². The summed E-state index contributed by atoms with van der Waals surface area (Å²) in [5.74, 6) is -0.822. The lowest BCUT2D eigenvalue weighted by Gasteiger charge is -2.08. The Balaban J connectivity index is 1.57. The topological polar surface area (TPSA) is 62.2 Å². The highest BCUT2D eigenvalue weighted by molar-refractivity contribution is 7.19. The summed E-state index contributed by atoms with van der Waals surface area (Å²) in [6.45, 7) is 0.109. The van der Waals surface area contributed by atoms with Crippen LogP contribution in [0, 0.1) is 5.82 Å². The van der Waals surface area contributed by atoms with Gasteiger partial charge in [0.1, 0.15) is 11.9 Å². The van der Waals surface area contributed by atoms with Crippen molar-refractivity contribution in [1.82, 2.24) is 10.3 Å². The molecule has 0 aliphatic heterocycles. The maximum Gasteiger partial charge on any atom is 0.244 e. The van der Waals surface area contributed by atoms with Gasteiger partial charge in [-0.15, -0.1) is 11.3 Å². The van der Waals surface area contributed by atoms with Gasteiger partial charge >= 0.3 is 0 Å². The molecule has 0 saturated heterocycles. The Labute approximate surface area is 142 Å². The van der Waals surface area contributed by atoms with Crippen molar-refractivity contribution >= 4 is 33.4 Å². The zero-order valence-corrected chi connectivity index (χ0v) is 13.5. The number of rotatable bonds is 5. The Morgan fingerprint density at radius 2 is 2.17 bits per heavy atom. The number of carbonyl (C=O) groups excluding carboxylic acids is 1. The largest absolute Gasteiger partial charge is 0.386 e. The van der Waals surface area contributed by atoms with Gasteiger partial charge in [0, 0.05) is 28.4 Å². The van der Waals surface area contributed by atoms with Crippen LogP contribution in [0.2, 0.25) is 0 Å². The number of hydrogen-bond donors (Lipinski definition) is 2. The molecule has 0 aliphatic rings. The molecule has 122 valence electrons. The number of amides is 1. The van der Waals surface area contributed by atoms with Gasteiger partial charge in [0.2, 0.25) is 5.91 Å². The summed E-state index contributed by atoms with van der Waals surface area (Å²) in [5, 5.41) is 13.9. The molecule has 3 rings (SSSR count). The smallest absolute Gasteiger partial charge is 0.244 e. The van der Waals surface area contributed by atoms with E-state index in [0.717, 1.165) is 21.2 Å². The van der Waals surface area contributed by atoms with Crippen LogP contribution in [0.4, 0.5) is 4.39 Å². The van der Waals surface area contributed by atoms with E-state index in [9.17, 15) is 14.3 Å². The second-order valence-electron chi connectivity index (χ2n) is 5.22. The van der Waals surface area contributed by atoms with Gasteiger partial charge in [0.05, 0.1) is 6.20 Å². The molecule has 0 saturated carbocycles. The first-order valence-electron chi connectivity index (χ1n) is 7.35. The van der Waals surface area contributed by atoms with Gasteiger partial charge < -0.3 is 10.4 Å². The third kappa shape index (κ3) is 4.04. The van der Waals surface area contributed by atoms with Crippen molar-refractivity contribution in [3.63, 3.8) is 0 Å². The first kappa shape index (κ1) is 16.3. The number of fused-ring (bicyclic) bond motifs is 1. The van der Waals surface area contributed by atoms with Crippen LogP contribution >= 0.6 is 11.3 Å². The first-order valence-corrected chi connectivity index (χ1v) is 8.16. The molecule has 0 bridgehead atoms. The van der Waals surface area contributed by atoms with Crippen LogP contribution in [0.15, 0.2) is 54.9 Å². The summed E-state index contributed by atoms with van der Waals surface area (Å²) in [6.07, 6.45) is 4.54. The van der Waals surface area contributed by atoms with Crippen LogP contribution in [0.1, 0.15) is 16.5 Å². The molecule has 6 heteroatoms. The predicted molar refractivity (Wildman–Crippen MR) is 93.0 cm³/mol. The first-order chi connectivity index (χ1) is 11.6. The van der Waals surface area contributed by atoms with Crippen molar-refractivity contribution in [1.29, 1.82) is 0 Å². The fraction of sp³-hybridized carbons (Fsp3) is 0.111. The molecule has 2 N–H and O–H groups in total. The molecule has 3 aromatic rings. The highest BCUT2D eigenvalue weighted by Gasteiger charge is 2.12. The Morgan fingerprint density at radius 3 is 2.96 bits per heavy atom. The number of aromatic nitrogens is 1. The van der Waals surface area contributed by atoms with E-state index in [1.807, 2.05) is 30.3 Å². The molecule has 1 atom stereocenters. The van der Waals surface area contributed by atoms with Gasteiger partial charge in [-0.2, -0.15) is 0 Å². The lowest BCUT2D eigenvalue weighted by molar-refractivity contribution is -0.116. The molecule has 1 amide bonds. The highest BCUT2D eigenvalue weighted by atomic mass is 32.1. The maximum atomic E-state index is 13.0. The number of hydrogen-bond acceptors (Lipinski definition) is 4. The molecule has 0 spiro atoms. The second kappa shape index (κ2) is 7.33. The molecule has 0 aliphatic carbocycles. The zero-order chi connectivity index (χ0) is 16.9. The van der Waals surface area contributed by atoms with Crippen LogP contribution in [-0.2, 0) is 4.79 Å². The summed E-state index contributed by atoms with van der Waals surface area (Å²) in [6, 6.07) is 11.1. The van der Waals surface area contributed by atoms with Gasteiger partial charge in [0.25, 0.3) is 0 Å². The number of benzene rings is 1. The van der Waals surface area contributed by atoms with Crippen LogP contribution in [0.5, 0.6) is 0 Å². The van der Waals surface area contributed by atoms with E-state index in [0.29, 0.717) is 5.56 Å². The summed E-state index contributed by atoms with van der Waals surface area (Å²) in [7, 11) is 0. The Hall–Kier alpha value is -2.57. The zero-order valence-electron chi connectivity index (χ0n) is 12.6. The molecular weight excluding hydrogens is 327 g/mol. The normalized spacial score (nSPS) is 12.6. The standard InChI is InChI=1S/C18H15FN2O2S/c19-14-7-12(9-20-10-14)5-6-18(23)21-11-15(22)17-8-13-3-1-2-4-16(13)24-17/h1-10,15,22H,11H2,(H,21,23)/b6-5+. The predicted octanol–water partition coefficient (Wildman–Crippen LogP) is 3.30. The number of nitrogens with zero attached hydrogens (tertiary/aromatic N) is 1. The summed E-state index contributed by atoms with van der Waals surface area (Å²) in [4.78, 5) is 16.3. The number of aliphatic hydroxyl groups excluding tert-OH is 1. The van der Waals surface area contributed by atoms with Gasteiger partial charge in [0.15, 0.2) is 0 Å². The Morgan fingerprint density at radius 1 is 1.33 bits per heavy atom. The number of halogens is 1. The van der Waals surface area contributed by atoms with Gasteiger partial charge in [-0.1, -0.05) is 18.2 Å². The number of pyridine rings is 1.